The molecule has 1 aromatic rings. The highest BCUT2D eigenvalue weighted by Crippen LogP contribution is 2.30. The number of carbonyl (C=O) groups excluding carboxylic acids is 3. The second kappa shape index (κ2) is 8.28. The van der Waals surface area contributed by atoms with Crippen LogP contribution in [-0.2, 0) is 20.7 Å². The first-order valence-electron chi connectivity index (χ1n) is 8.32. The third-order valence-electron chi connectivity index (χ3n) is 4.17. The van der Waals surface area contributed by atoms with Gasteiger partial charge in [0.2, 0.25) is 11.8 Å². The molecule has 0 atom stereocenters. The topological polar surface area (TPSA) is 75.7 Å². The minimum atomic E-state index is -0.407. The average molecular weight is 352 g/mol. The highest BCUT2D eigenvalue weighted by molar-refractivity contribution is 7.16. The Morgan fingerprint density at radius 3 is 2.50 bits per heavy atom. The van der Waals surface area contributed by atoms with Crippen molar-refractivity contribution in [1.82, 2.24) is 4.90 Å². The monoisotopic (exact) mass is 352 g/mol. The van der Waals surface area contributed by atoms with Crippen LogP contribution in [0.2, 0.25) is 0 Å². The maximum atomic E-state index is 12.5. The number of esters is 1. The van der Waals surface area contributed by atoms with Gasteiger partial charge in [-0.2, -0.15) is 0 Å². The lowest BCUT2D eigenvalue weighted by molar-refractivity contribution is -0.132. The van der Waals surface area contributed by atoms with Gasteiger partial charge >= 0.3 is 5.97 Å². The molecule has 2 amide bonds. The zero-order valence-corrected chi connectivity index (χ0v) is 15.2. The highest BCUT2D eigenvalue weighted by atomic mass is 32.1. The standard InChI is InChI=1S/C17H24N2O4S/c1-4-13-10-14(17(22)23-5-2)16(24-13)18-15(21)12-6-8-19(9-7-12)11(3)20/h10,12H,4-9H2,1-3H3,(H,18,21). The van der Waals surface area contributed by atoms with Crippen LogP contribution in [0.1, 0.15) is 48.8 Å². The Kier molecular flexibility index (Phi) is 6.36. The molecule has 7 heteroatoms. The van der Waals surface area contributed by atoms with Gasteiger partial charge in [0, 0.05) is 30.8 Å². The predicted octanol–water partition coefficient (Wildman–Crippen LogP) is 2.68. The smallest absolute Gasteiger partial charge is 0.341 e. The number of thiophene rings is 1. The summed E-state index contributed by atoms with van der Waals surface area (Å²) in [6.45, 7) is 6.80. The lowest BCUT2D eigenvalue weighted by atomic mass is 9.96. The number of anilines is 1. The third-order valence-corrected chi connectivity index (χ3v) is 5.37. The number of ether oxygens (including phenoxy) is 1. The zero-order valence-electron chi connectivity index (χ0n) is 14.4. The van der Waals surface area contributed by atoms with E-state index in [1.807, 2.05) is 6.92 Å². The van der Waals surface area contributed by atoms with E-state index in [1.165, 1.54) is 11.3 Å². The van der Waals surface area contributed by atoms with Crippen LogP contribution < -0.4 is 5.32 Å². The number of hydrogen-bond acceptors (Lipinski definition) is 5. The van der Waals surface area contributed by atoms with Crippen LogP contribution in [0.15, 0.2) is 6.07 Å². The largest absolute Gasteiger partial charge is 0.462 e. The van der Waals surface area contributed by atoms with Crippen LogP contribution in [0.4, 0.5) is 5.00 Å². The minimum absolute atomic E-state index is 0.0456. The van der Waals surface area contributed by atoms with Crippen molar-refractivity contribution in [3.8, 4) is 0 Å². The lowest BCUT2D eigenvalue weighted by Crippen LogP contribution is -2.40. The molecule has 0 aromatic carbocycles. The number of rotatable bonds is 5. The van der Waals surface area contributed by atoms with Gasteiger partial charge in [-0.1, -0.05) is 6.92 Å². The molecule has 0 saturated carbocycles. The van der Waals surface area contributed by atoms with Crippen molar-refractivity contribution in [3.63, 3.8) is 0 Å². The van der Waals surface area contributed by atoms with Crippen molar-refractivity contribution in [3.05, 3.63) is 16.5 Å². The van der Waals surface area contributed by atoms with Crippen molar-refractivity contribution in [2.75, 3.05) is 25.0 Å². The molecular weight excluding hydrogens is 328 g/mol. The van der Waals surface area contributed by atoms with Crippen LogP contribution in [0, 0.1) is 5.92 Å². The minimum Gasteiger partial charge on any atom is -0.462 e. The average Bonchev–Trinajstić information content (AvgIpc) is 2.98. The number of likely N-dealkylation sites (tertiary alicyclic amines) is 1. The highest BCUT2D eigenvalue weighted by Gasteiger charge is 2.27. The van der Waals surface area contributed by atoms with Gasteiger partial charge in [-0.25, -0.2) is 4.79 Å². The maximum Gasteiger partial charge on any atom is 0.341 e. The Bertz CT molecular complexity index is 618. The Hall–Kier alpha value is -1.89. The zero-order chi connectivity index (χ0) is 17.7. The van der Waals surface area contributed by atoms with E-state index in [4.69, 9.17) is 4.74 Å². The summed E-state index contributed by atoms with van der Waals surface area (Å²) in [7, 11) is 0. The Morgan fingerprint density at radius 1 is 1.29 bits per heavy atom. The molecule has 1 saturated heterocycles. The van der Waals surface area contributed by atoms with Crippen LogP contribution >= 0.6 is 11.3 Å². The van der Waals surface area contributed by atoms with Gasteiger partial charge in [-0.3, -0.25) is 9.59 Å². The second-order valence-corrected chi connectivity index (χ2v) is 6.94. The summed E-state index contributed by atoms with van der Waals surface area (Å²) < 4.78 is 5.07. The molecule has 1 aliphatic heterocycles. The maximum absolute atomic E-state index is 12.5. The molecule has 1 N–H and O–H groups in total. The Morgan fingerprint density at radius 2 is 1.96 bits per heavy atom. The van der Waals surface area contributed by atoms with Crippen molar-refractivity contribution in [2.45, 2.75) is 40.0 Å². The van der Waals surface area contributed by atoms with E-state index in [9.17, 15) is 14.4 Å². The summed E-state index contributed by atoms with van der Waals surface area (Å²) in [5.41, 5.74) is 0.424. The fourth-order valence-electron chi connectivity index (χ4n) is 2.74. The van der Waals surface area contributed by atoms with Gasteiger partial charge in [-0.15, -0.1) is 11.3 Å². The Balaban J connectivity index is 2.05. The molecule has 0 spiro atoms. The van der Waals surface area contributed by atoms with Gasteiger partial charge < -0.3 is 15.0 Å². The molecule has 0 aliphatic carbocycles. The van der Waals surface area contributed by atoms with E-state index < -0.39 is 5.97 Å². The first-order valence-corrected chi connectivity index (χ1v) is 9.14. The molecule has 132 valence electrons. The van der Waals surface area contributed by atoms with E-state index in [0.717, 1.165) is 11.3 Å². The summed E-state index contributed by atoms with van der Waals surface area (Å²) in [4.78, 5) is 38.7. The molecule has 1 aliphatic rings. The van der Waals surface area contributed by atoms with Gasteiger partial charge in [0.05, 0.1) is 12.2 Å². The number of piperidine rings is 1. The SMILES string of the molecule is CCOC(=O)c1cc(CC)sc1NC(=O)C1CCN(C(C)=O)CC1. The number of carbonyl (C=O) groups is 3. The second-order valence-electron chi connectivity index (χ2n) is 5.80. The van der Waals surface area contributed by atoms with Crippen LogP contribution in [0.25, 0.3) is 0 Å². The Labute approximate surface area is 146 Å². The molecular formula is C17H24N2O4S. The number of hydrogen-bond donors (Lipinski definition) is 1. The molecule has 6 nitrogen and oxygen atoms in total. The number of nitrogens with zero attached hydrogens (tertiary/aromatic N) is 1. The first kappa shape index (κ1) is 18.4. The van der Waals surface area contributed by atoms with Crippen LogP contribution in [-0.4, -0.2) is 42.4 Å². The van der Waals surface area contributed by atoms with E-state index in [1.54, 1.807) is 24.8 Å². The number of amides is 2. The molecule has 2 rings (SSSR count). The van der Waals surface area contributed by atoms with Gasteiger partial charge in [0.1, 0.15) is 5.00 Å². The van der Waals surface area contributed by atoms with Gasteiger partial charge in [0.25, 0.3) is 0 Å². The molecule has 2 heterocycles. The lowest BCUT2D eigenvalue weighted by Gasteiger charge is -2.30. The van der Waals surface area contributed by atoms with Gasteiger partial charge in [-0.05, 0) is 32.3 Å². The summed E-state index contributed by atoms with van der Waals surface area (Å²) in [6, 6.07) is 1.79. The van der Waals surface area contributed by atoms with Gasteiger partial charge in [0.15, 0.2) is 0 Å². The number of nitrogens with one attached hydrogen (secondary N) is 1. The fourth-order valence-corrected chi connectivity index (χ4v) is 3.73. The van der Waals surface area contributed by atoms with Crippen LogP contribution in [0.5, 0.6) is 0 Å². The van der Waals surface area contributed by atoms with E-state index in [-0.39, 0.29) is 17.7 Å². The van der Waals surface area contributed by atoms with Crippen molar-refractivity contribution in [1.29, 1.82) is 0 Å². The van der Waals surface area contributed by atoms with E-state index in [0.29, 0.717) is 43.1 Å². The molecule has 1 aromatic heterocycles. The van der Waals surface area contributed by atoms with Crippen molar-refractivity contribution >= 4 is 34.1 Å². The quantitative estimate of drug-likeness (QED) is 0.827. The fraction of sp³-hybridized carbons (Fsp3) is 0.588. The molecule has 0 radical (unpaired) electrons. The van der Waals surface area contributed by atoms with Crippen molar-refractivity contribution in [2.24, 2.45) is 5.92 Å². The van der Waals surface area contributed by atoms with Crippen molar-refractivity contribution < 1.29 is 19.1 Å². The molecule has 24 heavy (non-hydrogen) atoms. The predicted molar refractivity (Wildman–Crippen MR) is 93.3 cm³/mol. The molecule has 0 bridgehead atoms. The first-order chi connectivity index (χ1) is 11.5. The van der Waals surface area contributed by atoms with Crippen LogP contribution in [0.3, 0.4) is 0 Å². The number of aryl methyl sites for hydroxylation is 1. The summed E-state index contributed by atoms with van der Waals surface area (Å²) in [5, 5.41) is 3.45. The molecule has 1 fully saturated rings. The van der Waals surface area contributed by atoms with E-state index >= 15 is 0 Å². The normalized spacial score (nSPS) is 15.2. The van der Waals surface area contributed by atoms with E-state index in [2.05, 4.69) is 5.32 Å². The summed E-state index contributed by atoms with van der Waals surface area (Å²) >= 11 is 1.41. The summed E-state index contributed by atoms with van der Waals surface area (Å²) in [6.07, 6.45) is 2.09. The summed E-state index contributed by atoms with van der Waals surface area (Å²) in [5.74, 6) is -0.587. The molecule has 0 unspecified atom stereocenters. The third kappa shape index (κ3) is 4.35.